The van der Waals surface area contributed by atoms with Crippen molar-refractivity contribution in [2.45, 2.75) is 57.3 Å². The molecule has 2 atom stereocenters. The smallest absolute Gasteiger partial charge is 0.258 e. The summed E-state index contributed by atoms with van der Waals surface area (Å²) in [4.78, 5) is 23.4. The van der Waals surface area contributed by atoms with Gasteiger partial charge in [0, 0.05) is 30.9 Å². The molecule has 1 amide bonds. The number of piperidine rings is 1. The van der Waals surface area contributed by atoms with Gasteiger partial charge in [-0.3, -0.25) is 9.69 Å². The van der Waals surface area contributed by atoms with E-state index in [1.807, 2.05) is 6.92 Å². The largest absolute Gasteiger partial charge is 0.477 e. The Balaban J connectivity index is 1.39. The van der Waals surface area contributed by atoms with Gasteiger partial charge in [-0.2, -0.15) is 0 Å². The van der Waals surface area contributed by atoms with Gasteiger partial charge in [0.1, 0.15) is 11.9 Å². The second-order valence-electron chi connectivity index (χ2n) is 7.36. The lowest BCUT2D eigenvalue weighted by atomic mass is 9.96. The standard InChI is InChI=1S/C21H26N4O2/c1-2-27-21-19(12-22-14-23-21)20(26)24-16-10-17-8-9-18(11-16)25(17)13-15-6-4-3-5-7-15/h3-7,12,14,16-18H,2,8-11,13H2,1H3,(H,24,26). The number of carbonyl (C=O) groups is 1. The number of nitrogens with one attached hydrogen (secondary N) is 1. The van der Waals surface area contributed by atoms with Crippen LogP contribution in [0.1, 0.15) is 48.5 Å². The lowest BCUT2D eigenvalue weighted by Crippen LogP contribution is -2.50. The first kappa shape index (κ1) is 17.9. The van der Waals surface area contributed by atoms with Crippen molar-refractivity contribution in [3.63, 3.8) is 0 Å². The molecule has 2 aliphatic rings. The van der Waals surface area contributed by atoms with Gasteiger partial charge in [0.05, 0.1) is 6.61 Å². The Kier molecular flexibility index (Phi) is 5.34. The predicted octanol–water partition coefficient (Wildman–Crippen LogP) is 2.80. The van der Waals surface area contributed by atoms with Gasteiger partial charge < -0.3 is 10.1 Å². The van der Waals surface area contributed by atoms with Crippen LogP contribution in [0, 0.1) is 0 Å². The highest BCUT2D eigenvalue weighted by molar-refractivity contribution is 5.96. The van der Waals surface area contributed by atoms with Crippen LogP contribution in [0.15, 0.2) is 42.9 Å². The Bertz CT molecular complexity index is 769. The van der Waals surface area contributed by atoms with Gasteiger partial charge in [0.2, 0.25) is 5.88 Å². The Morgan fingerprint density at radius 2 is 1.96 bits per heavy atom. The molecule has 6 heteroatoms. The van der Waals surface area contributed by atoms with Crippen molar-refractivity contribution < 1.29 is 9.53 Å². The van der Waals surface area contributed by atoms with E-state index in [-0.39, 0.29) is 11.9 Å². The van der Waals surface area contributed by atoms with Crippen molar-refractivity contribution in [1.82, 2.24) is 20.2 Å². The molecule has 2 unspecified atom stereocenters. The topological polar surface area (TPSA) is 67.3 Å². The van der Waals surface area contributed by atoms with Crippen LogP contribution < -0.4 is 10.1 Å². The number of ether oxygens (including phenoxy) is 1. The molecule has 0 radical (unpaired) electrons. The molecule has 2 aliphatic heterocycles. The number of amides is 1. The summed E-state index contributed by atoms with van der Waals surface area (Å²) < 4.78 is 5.47. The first-order chi connectivity index (χ1) is 13.2. The number of rotatable bonds is 6. The summed E-state index contributed by atoms with van der Waals surface area (Å²) in [6.45, 7) is 3.35. The third-order valence-corrected chi connectivity index (χ3v) is 5.63. The summed E-state index contributed by atoms with van der Waals surface area (Å²) in [5, 5.41) is 3.19. The molecule has 4 rings (SSSR count). The monoisotopic (exact) mass is 366 g/mol. The third kappa shape index (κ3) is 3.95. The molecular weight excluding hydrogens is 340 g/mol. The molecule has 0 aliphatic carbocycles. The Morgan fingerprint density at radius 1 is 1.22 bits per heavy atom. The molecule has 2 fully saturated rings. The number of fused-ring (bicyclic) bond motifs is 2. The second-order valence-corrected chi connectivity index (χ2v) is 7.36. The maximum atomic E-state index is 12.7. The Hall–Kier alpha value is -2.47. The molecule has 2 aromatic rings. The zero-order valence-electron chi connectivity index (χ0n) is 15.7. The van der Waals surface area contributed by atoms with E-state index in [0.29, 0.717) is 30.1 Å². The molecule has 0 saturated carbocycles. The predicted molar refractivity (Wildman–Crippen MR) is 102 cm³/mol. The lowest BCUT2D eigenvalue weighted by molar-refractivity contribution is 0.0823. The van der Waals surface area contributed by atoms with E-state index in [2.05, 4.69) is 50.5 Å². The van der Waals surface area contributed by atoms with Crippen molar-refractivity contribution in [1.29, 1.82) is 0 Å². The molecule has 2 bridgehead atoms. The van der Waals surface area contributed by atoms with Crippen LogP contribution in [-0.4, -0.2) is 45.5 Å². The van der Waals surface area contributed by atoms with Gasteiger partial charge in [-0.15, -0.1) is 0 Å². The van der Waals surface area contributed by atoms with Gasteiger partial charge in [-0.25, -0.2) is 9.97 Å². The van der Waals surface area contributed by atoms with E-state index in [4.69, 9.17) is 4.74 Å². The molecular formula is C21H26N4O2. The van der Waals surface area contributed by atoms with Gasteiger partial charge >= 0.3 is 0 Å². The Morgan fingerprint density at radius 3 is 2.67 bits per heavy atom. The van der Waals surface area contributed by atoms with E-state index >= 15 is 0 Å². The fourth-order valence-electron chi connectivity index (χ4n) is 4.43. The summed E-state index contributed by atoms with van der Waals surface area (Å²) in [7, 11) is 0. The summed E-state index contributed by atoms with van der Waals surface area (Å²) in [5.74, 6) is 0.217. The fraction of sp³-hybridized carbons (Fsp3) is 0.476. The zero-order chi connectivity index (χ0) is 18.6. The lowest BCUT2D eigenvalue weighted by Gasteiger charge is -2.39. The number of carbonyl (C=O) groups excluding carboxylic acids is 1. The highest BCUT2D eigenvalue weighted by Crippen LogP contribution is 2.37. The van der Waals surface area contributed by atoms with E-state index < -0.39 is 0 Å². The molecule has 1 aromatic carbocycles. The molecule has 1 aromatic heterocycles. The van der Waals surface area contributed by atoms with E-state index in [0.717, 1.165) is 19.4 Å². The highest BCUT2D eigenvalue weighted by Gasteiger charge is 2.41. The van der Waals surface area contributed by atoms with Crippen molar-refractivity contribution in [3.8, 4) is 5.88 Å². The first-order valence-corrected chi connectivity index (χ1v) is 9.78. The summed E-state index contributed by atoms with van der Waals surface area (Å²) in [6, 6.07) is 11.9. The van der Waals surface area contributed by atoms with Crippen LogP contribution >= 0.6 is 0 Å². The highest BCUT2D eigenvalue weighted by atomic mass is 16.5. The van der Waals surface area contributed by atoms with E-state index in [9.17, 15) is 4.79 Å². The van der Waals surface area contributed by atoms with Crippen LogP contribution in [0.5, 0.6) is 5.88 Å². The van der Waals surface area contributed by atoms with Crippen molar-refractivity contribution >= 4 is 5.91 Å². The average molecular weight is 366 g/mol. The Labute approximate surface area is 160 Å². The molecule has 0 spiro atoms. The second kappa shape index (κ2) is 8.05. The van der Waals surface area contributed by atoms with Crippen molar-refractivity contribution in [2.75, 3.05) is 6.61 Å². The van der Waals surface area contributed by atoms with Gasteiger partial charge in [-0.05, 0) is 38.2 Å². The summed E-state index contributed by atoms with van der Waals surface area (Å²) >= 11 is 0. The normalized spacial score (nSPS) is 24.6. The summed E-state index contributed by atoms with van der Waals surface area (Å²) in [6.07, 6.45) is 7.35. The van der Waals surface area contributed by atoms with Crippen molar-refractivity contribution in [3.05, 3.63) is 54.0 Å². The number of aromatic nitrogens is 2. The minimum absolute atomic E-state index is 0.139. The maximum absolute atomic E-state index is 12.7. The number of nitrogens with zero attached hydrogens (tertiary/aromatic N) is 3. The fourth-order valence-corrected chi connectivity index (χ4v) is 4.43. The van der Waals surface area contributed by atoms with Gasteiger partial charge in [-0.1, -0.05) is 30.3 Å². The summed E-state index contributed by atoms with van der Waals surface area (Å²) in [5.41, 5.74) is 1.78. The molecule has 1 N–H and O–H groups in total. The number of hydrogen-bond acceptors (Lipinski definition) is 5. The quantitative estimate of drug-likeness (QED) is 0.851. The molecule has 3 heterocycles. The van der Waals surface area contributed by atoms with Crippen LogP contribution in [0.3, 0.4) is 0 Å². The SMILES string of the molecule is CCOc1ncncc1C(=O)NC1CC2CCC(C1)N2Cc1ccccc1. The van der Waals surface area contributed by atoms with Crippen LogP contribution in [0.25, 0.3) is 0 Å². The number of benzene rings is 1. The van der Waals surface area contributed by atoms with Gasteiger partial charge in [0.15, 0.2) is 0 Å². The third-order valence-electron chi connectivity index (χ3n) is 5.63. The van der Waals surface area contributed by atoms with Crippen LogP contribution in [0.4, 0.5) is 0 Å². The maximum Gasteiger partial charge on any atom is 0.258 e. The van der Waals surface area contributed by atoms with Gasteiger partial charge in [0.25, 0.3) is 5.91 Å². The van der Waals surface area contributed by atoms with Crippen molar-refractivity contribution in [2.24, 2.45) is 0 Å². The minimum atomic E-state index is -0.139. The zero-order valence-corrected chi connectivity index (χ0v) is 15.7. The molecule has 2 saturated heterocycles. The van der Waals surface area contributed by atoms with Crippen LogP contribution in [0.2, 0.25) is 0 Å². The molecule has 27 heavy (non-hydrogen) atoms. The van der Waals surface area contributed by atoms with E-state index in [1.165, 1.54) is 30.9 Å². The minimum Gasteiger partial charge on any atom is -0.477 e. The first-order valence-electron chi connectivity index (χ1n) is 9.78. The molecule has 142 valence electrons. The molecule has 6 nitrogen and oxygen atoms in total. The number of hydrogen-bond donors (Lipinski definition) is 1. The van der Waals surface area contributed by atoms with E-state index in [1.54, 1.807) is 0 Å². The van der Waals surface area contributed by atoms with Crippen LogP contribution in [-0.2, 0) is 6.54 Å². The average Bonchev–Trinajstić information content (AvgIpc) is 2.92.